The maximum Gasteiger partial charge on any atom is -0.0105 e. The molecule has 0 heterocycles. The van der Waals surface area contributed by atoms with Crippen LogP contribution in [0.25, 0.3) is 21.5 Å². The third-order valence-corrected chi connectivity index (χ3v) is 6.27. The average Bonchev–Trinajstić information content (AvgIpc) is 2.52. The summed E-state index contributed by atoms with van der Waals surface area (Å²) in [7, 11) is 0. The molecule has 0 atom stereocenters. The molecule has 0 unspecified atom stereocenters. The normalized spacial score (nSPS) is 24.6. The average molecular weight is 379 g/mol. The Balaban J connectivity index is 0.000000284. The van der Waals surface area contributed by atoms with Crippen LogP contribution < -0.4 is 0 Å². The lowest BCUT2D eigenvalue weighted by molar-refractivity contribution is -0.0549. The molecule has 1 spiro atoms. The van der Waals surface area contributed by atoms with Gasteiger partial charge in [0.05, 0.1) is 0 Å². The van der Waals surface area contributed by atoms with Crippen molar-refractivity contribution in [2.45, 2.75) is 75.7 Å². The van der Waals surface area contributed by atoms with E-state index in [4.69, 9.17) is 0 Å². The Labute approximate surface area is 174 Å². The molecule has 0 radical (unpaired) electrons. The molecule has 0 amide bonds. The van der Waals surface area contributed by atoms with Gasteiger partial charge in [-0.15, -0.1) is 0 Å². The van der Waals surface area contributed by atoms with Crippen molar-refractivity contribution >= 4 is 21.5 Å². The van der Waals surface area contributed by atoms with Gasteiger partial charge in [-0.1, -0.05) is 95.8 Å². The molecule has 0 aliphatic heterocycles. The van der Waals surface area contributed by atoms with E-state index in [1.165, 1.54) is 58.4 Å². The first-order valence-electron chi connectivity index (χ1n) is 9.84. The van der Waals surface area contributed by atoms with Crippen LogP contribution in [0.15, 0.2) is 48.5 Å². The van der Waals surface area contributed by atoms with E-state index in [9.17, 15) is 0 Å². The van der Waals surface area contributed by atoms with Gasteiger partial charge < -0.3 is 0 Å². The molecule has 0 heteroatoms. The SMILES string of the molecule is C.C.C.CC1CC2(C1)CC(C)C2.Cc1ccc2c(ccc3cc(C)ccc32)c1. The summed E-state index contributed by atoms with van der Waals surface area (Å²) in [6.07, 6.45) is 6.16. The largest absolute Gasteiger partial charge is 0.0776 e. The van der Waals surface area contributed by atoms with Gasteiger partial charge in [-0.25, -0.2) is 0 Å². The van der Waals surface area contributed by atoms with E-state index in [-0.39, 0.29) is 22.3 Å². The highest BCUT2D eigenvalue weighted by Crippen LogP contribution is 2.60. The quantitative estimate of drug-likeness (QED) is 0.342. The second kappa shape index (κ2) is 9.12. The molecule has 154 valence electrons. The molecule has 0 aromatic heterocycles. The van der Waals surface area contributed by atoms with Crippen molar-refractivity contribution in [3.8, 4) is 0 Å². The Kier molecular flexibility index (Phi) is 7.89. The number of rotatable bonds is 0. The summed E-state index contributed by atoms with van der Waals surface area (Å²) in [5.41, 5.74) is 3.52. The summed E-state index contributed by atoms with van der Waals surface area (Å²) in [5, 5.41) is 5.36. The third kappa shape index (κ3) is 4.59. The second-order valence-electron chi connectivity index (χ2n) is 9.04. The van der Waals surface area contributed by atoms with Gasteiger partial charge in [-0.3, -0.25) is 0 Å². The Morgan fingerprint density at radius 1 is 0.607 bits per heavy atom. The fourth-order valence-electron chi connectivity index (χ4n) is 5.48. The molecular weight excluding hydrogens is 336 g/mol. The predicted octanol–water partition coefficient (Wildman–Crippen LogP) is 9.35. The molecule has 3 aromatic rings. The summed E-state index contributed by atoms with van der Waals surface area (Å²) < 4.78 is 0. The maximum atomic E-state index is 2.38. The van der Waals surface area contributed by atoms with Crippen LogP contribution in [0.5, 0.6) is 0 Å². The highest BCUT2D eigenvalue weighted by molar-refractivity contribution is 6.07. The number of aryl methyl sites for hydroxylation is 2. The summed E-state index contributed by atoms with van der Waals surface area (Å²) in [5.74, 6) is 2.11. The lowest BCUT2D eigenvalue weighted by Crippen LogP contribution is -2.45. The van der Waals surface area contributed by atoms with Crippen molar-refractivity contribution in [3.05, 3.63) is 59.7 Å². The lowest BCUT2D eigenvalue weighted by atomic mass is 9.49. The van der Waals surface area contributed by atoms with Gasteiger partial charge in [0.25, 0.3) is 0 Å². The molecule has 2 saturated carbocycles. The van der Waals surface area contributed by atoms with Crippen LogP contribution in [0.3, 0.4) is 0 Å². The van der Waals surface area contributed by atoms with E-state index in [1.54, 1.807) is 0 Å². The van der Waals surface area contributed by atoms with Gasteiger partial charge in [0.15, 0.2) is 0 Å². The topological polar surface area (TPSA) is 0 Å². The molecule has 0 bridgehead atoms. The maximum absolute atomic E-state index is 2.38. The fourth-order valence-corrected chi connectivity index (χ4v) is 5.48. The number of benzene rings is 3. The van der Waals surface area contributed by atoms with Crippen LogP contribution in [0.4, 0.5) is 0 Å². The van der Waals surface area contributed by atoms with Crippen molar-refractivity contribution in [3.63, 3.8) is 0 Å². The molecule has 28 heavy (non-hydrogen) atoms. The summed E-state index contributed by atoms with van der Waals surface area (Å²) in [6.45, 7) is 9.04. The number of hydrogen-bond acceptors (Lipinski definition) is 0. The van der Waals surface area contributed by atoms with Crippen molar-refractivity contribution < 1.29 is 0 Å². The van der Waals surface area contributed by atoms with Crippen LogP contribution >= 0.6 is 0 Å². The van der Waals surface area contributed by atoms with Crippen molar-refractivity contribution in [2.75, 3.05) is 0 Å². The molecule has 0 nitrogen and oxygen atoms in total. The zero-order valence-electron chi connectivity index (χ0n) is 16.1. The molecule has 2 aliphatic rings. The van der Waals surface area contributed by atoms with Crippen LogP contribution in [0.2, 0.25) is 0 Å². The van der Waals surface area contributed by atoms with Crippen molar-refractivity contribution in [2.24, 2.45) is 17.3 Å². The van der Waals surface area contributed by atoms with Gasteiger partial charge in [-0.2, -0.15) is 0 Å². The van der Waals surface area contributed by atoms with Gasteiger partial charge in [-0.05, 0) is 78.3 Å². The zero-order chi connectivity index (χ0) is 17.6. The van der Waals surface area contributed by atoms with Crippen LogP contribution in [0, 0.1) is 31.1 Å². The Morgan fingerprint density at radius 3 is 1.29 bits per heavy atom. The Morgan fingerprint density at radius 2 is 0.964 bits per heavy atom. The predicted molar refractivity (Wildman–Crippen MR) is 130 cm³/mol. The van der Waals surface area contributed by atoms with E-state index in [2.05, 4.69) is 76.2 Å². The minimum atomic E-state index is 0. The van der Waals surface area contributed by atoms with Gasteiger partial charge in [0.1, 0.15) is 0 Å². The summed E-state index contributed by atoms with van der Waals surface area (Å²) in [4.78, 5) is 0. The first kappa shape index (κ1) is 24.2. The Hall–Kier alpha value is -1.82. The van der Waals surface area contributed by atoms with Crippen LogP contribution in [0.1, 0.15) is 72.9 Å². The minimum Gasteiger partial charge on any atom is -0.0776 e. The van der Waals surface area contributed by atoms with E-state index >= 15 is 0 Å². The summed E-state index contributed by atoms with van der Waals surface area (Å²) >= 11 is 0. The van der Waals surface area contributed by atoms with Gasteiger partial charge in [0, 0.05) is 0 Å². The van der Waals surface area contributed by atoms with E-state index in [0.29, 0.717) is 0 Å². The van der Waals surface area contributed by atoms with E-state index in [1.807, 2.05) is 0 Å². The highest BCUT2D eigenvalue weighted by atomic mass is 14.5. The third-order valence-electron chi connectivity index (χ3n) is 6.27. The summed E-state index contributed by atoms with van der Waals surface area (Å²) in [6, 6.07) is 17.7. The number of fused-ring (bicyclic) bond motifs is 3. The highest BCUT2D eigenvalue weighted by Gasteiger charge is 2.49. The molecule has 0 N–H and O–H groups in total. The Bertz CT molecular complexity index is 826. The van der Waals surface area contributed by atoms with Gasteiger partial charge >= 0.3 is 0 Å². The first-order valence-corrected chi connectivity index (χ1v) is 9.84. The standard InChI is InChI=1S/C16H14.C9H16.3CH4/c1-11-3-7-15-13(9-11)5-6-14-10-12(2)4-8-16(14)15;1-7-3-9(4-7)5-8(2)6-9;;;/h3-10H,1-2H3;7-8H,3-6H2,1-2H3;3*1H4. The first-order chi connectivity index (χ1) is 11.9. The smallest absolute Gasteiger partial charge is 0.0105 e. The molecule has 3 aromatic carbocycles. The van der Waals surface area contributed by atoms with E-state index in [0.717, 1.165) is 17.3 Å². The van der Waals surface area contributed by atoms with Crippen LogP contribution in [-0.2, 0) is 0 Å². The van der Waals surface area contributed by atoms with Gasteiger partial charge in [0.2, 0.25) is 0 Å². The minimum absolute atomic E-state index is 0. The van der Waals surface area contributed by atoms with Crippen molar-refractivity contribution in [1.82, 2.24) is 0 Å². The molecule has 0 saturated heterocycles. The molecule has 2 aliphatic carbocycles. The monoisotopic (exact) mass is 378 g/mol. The number of hydrogen-bond donors (Lipinski definition) is 0. The van der Waals surface area contributed by atoms with Crippen LogP contribution in [-0.4, -0.2) is 0 Å². The molecule has 2 fully saturated rings. The second-order valence-corrected chi connectivity index (χ2v) is 9.04. The lowest BCUT2D eigenvalue weighted by Gasteiger charge is -2.56. The molecule has 5 rings (SSSR count). The van der Waals surface area contributed by atoms with E-state index < -0.39 is 0 Å². The fraction of sp³-hybridized carbons (Fsp3) is 0.500. The zero-order valence-corrected chi connectivity index (χ0v) is 16.1. The van der Waals surface area contributed by atoms with Crippen molar-refractivity contribution in [1.29, 1.82) is 0 Å². The molecular formula is C28H42.